The van der Waals surface area contributed by atoms with Gasteiger partial charge in [0.25, 0.3) is 0 Å². The van der Waals surface area contributed by atoms with Crippen molar-refractivity contribution in [3.8, 4) is 0 Å². The van der Waals surface area contributed by atoms with Gasteiger partial charge in [0.15, 0.2) is 0 Å². The van der Waals surface area contributed by atoms with Crippen molar-refractivity contribution in [2.75, 3.05) is 24.2 Å². The molecule has 34 heavy (non-hydrogen) atoms. The third-order valence-electron chi connectivity index (χ3n) is 5.54. The minimum Gasteiger partial charge on any atom is -0.462 e. The van der Waals surface area contributed by atoms with Crippen molar-refractivity contribution < 1.29 is 9.53 Å². The van der Waals surface area contributed by atoms with E-state index in [0.29, 0.717) is 12.2 Å². The number of carbonyl (C=O) groups excluding carboxylic acids is 1. The van der Waals surface area contributed by atoms with Gasteiger partial charge in [-0.1, -0.05) is 91.0 Å². The smallest absolute Gasteiger partial charge is 0.339 e. The highest BCUT2D eigenvalue weighted by Gasteiger charge is 2.36. The van der Waals surface area contributed by atoms with E-state index in [0.717, 1.165) is 18.1 Å². The summed E-state index contributed by atoms with van der Waals surface area (Å²) in [6.45, 7) is 2.87. The molecule has 0 fully saturated rings. The maximum Gasteiger partial charge on any atom is 0.339 e. The first-order valence-corrected chi connectivity index (χ1v) is 12.4. The molecule has 0 aliphatic rings. The van der Waals surface area contributed by atoms with Crippen LogP contribution in [0.25, 0.3) is 0 Å². The van der Waals surface area contributed by atoms with Crippen LogP contribution in [0.1, 0.15) is 34.0 Å². The van der Waals surface area contributed by atoms with Gasteiger partial charge in [0.2, 0.25) is 0 Å². The topological polar surface area (TPSA) is 51.2 Å². The van der Waals surface area contributed by atoms with E-state index in [1.165, 1.54) is 16.7 Å². The largest absolute Gasteiger partial charge is 0.462 e. The Hall–Kier alpha value is -3.57. The highest BCUT2D eigenvalue weighted by Crippen LogP contribution is 2.48. The fourth-order valence-corrected chi connectivity index (χ4v) is 5.40. The van der Waals surface area contributed by atoms with Crippen LogP contribution in [0.15, 0.2) is 109 Å². The Morgan fingerprint density at radius 1 is 0.824 bits per heavy atom. The molecule has 3 aromatic carbocycles. The van der Waals surface area contributed by atoms with Crippen molar-refractivity contribution in [3.63, 3.8) is 0 Å². The van der Waals surface area contributed by atoms with E-state index in [2.05, 4.69) is 101 Å². The number of thioether (sulfide) groups is 1. The monoisotopic (exact) mass is 468 g/mol. The van der Waals surface area contributed by atoms with E-state index in [9.17, 15) is 4.79 Å². The molecule has 4 rings (SSSR count). The summed E-state index contributed by atoms with van der Waals surface area (Å²) in [6, 6.07) is 35.6. The second kappa shape index (κ2) is 11.5. The van der Waals surface area contributed by atoms with E-state index in [1.807, 2.05) is 17.8 Å². The molecular formula is C29H28N2O2S. The Bertz CT molecular complexity index is 1070. The van der Waals surface area contributed by atoms with Gasteiger partial charge in [0, 0.05) is 18.5 Å². The van der Waals surface area contributed by atoms with Gasteiger partial charge < -0.3 is 10.1 Å². The molecule has 0 spiro atoms. The van der Waals surface area contributed by atoms with Crippen molar-refractivity contribution in [2.24, 2.45) is 0 Å². The van der Waals surface area contributed by atoms with Crippen LogP contribution in [0, 0.1) is 0 Å². The Labute approximate surface area is 205 Å². The van der Waals surface area contributed by atoms with Crippen LogP contribution in [0.2, 0.25) is 0 Å². The van der Waals surface area contributed by atoms with Crippen LogP contribution < -0.4 is 5.32 Å². The maximum absolute atomic E-state index is 11.8. The fourth-order valence-electron chi connectivity index (χ4n) is 3.99. The Morgan fingerprint density at radius 2 is 1.35 bits per heavy atom. The summed E-state index contributed by atoms with van der Waals surface area (Å²) in [5.74, 6) is 1.23. The third kappa shape index (κ3) is 5.32. The zero-order chi connectivity index (χ0) is 23.6. The first kappa shape index (κ1) is 23.6. The van der Waals surface area contributed by atoms with Crippen LogP contribution in [-0.2, 0) is 9.48 Å². The second-order valence-electron chi connectivity index (χ2n) is 7.71. The van der Waals surface area contributed by atoms with Crippen molar-refractivity contribution >= 4 is 23.5 Å². The zero-order valence-electron chi connectivity index (χ0n) is 19.2. The molecule has 0 amide bonds. The molecule has 0 atom stereocenters. The van der Waals surface area contributed by atoms with E-state index >= 15 is 0 Å². The van der Waals surface area contributed by atoms with Gasteiger partial charge in [0.1, 0.15) is 5.82 Å². The van der Waals surface area contributed by atoms with Crippen LogP contribution in [0.4, 0.5) is 5.82 Å². The first-order valence-electron chi connectivity index (χ1n) is 11.4. The molecule has 4 nitrogen and oxygen atoms in total. The number of hydrogen-bond donors (Lipinski definition) is 1. The van der Waals surface area contributed by atoms with Gasteiger partial charge in [-0.3, -0.25) is 0 Å². The summed E-state index contributed by atoms with van der Waals surface area (Å²) in [5, 5.41) is 3.39. The Balaban J connectivity index is 1.56. The van der Waals surface area contributed by atoms with Gasteiger partial charge in [-0.2, -0.15) is 0 Å². The molecule has 1 heterocycles. The Morgan fingerprint density at radius 3 is 1.79 bits per heavy atom. The van der Waals surface area contributed by atoms with Crippen molar-refractivity contribution in [3.05, 3.63) is 132 Å². The number of ether oxygens (including phenoxy) is 1. The molecule has 0 aliphatic carbocycles. The normalized spacial score (nSPS) is 11.1. The fraction of sp³-hybridized carbons (Fsp3) is 0.172. The summed E-state index contributed by atoms with van der Waals surface area (Å²) in [5.41, 5.74) is 4.19. The summed E-state index contributed by atoms with van der Waals surface area (Å²) < 4.78 is 4.69. The molecule has 1 aromatic heterocycles. The van der Waals surface area contributed by atoms with Crippen molar-refractivity contribution in [2.45, 2.75) is 11.7 Å². The molecule has 172 valence electrons. The minimum atomic E-state index is -0.351. The average molecular weight is 469 g/mol. The molecule has 4 aromatic rings. The number of rotatable bonds is 10. The number of pyridine rings is 1. The molecule has 0 unspecified atom stereocenters. The maximum atomic E-state index is 11.8. The van der Waals surface area contributed by atoms with Gasteiger partial charge in [0.05, 0.1) is 16.9 Å². The predicted molar refractivity (Wildman–Crippen MR) is 140 cm³/mol. The minimum absolute atomic E-state index is 0.341. The number of carbonyl (C=O) groups is 1. The lowest BCUT2D eigenvalue weighted by atomic mass is 9.84. The summed E-state index contributed by atoms with van der Waals surface area (Å²) in [4.78, 5) is 16.2. The third-order valence-corrected chi connectivity index (χ3v) is 7.09. The second-order valence-corrected chi connectivity index (χ2v) is 9.02. The van der Waals surface area contributed by atoms with Crippen LogP contribution in [0.3, 0.4) is 0 Å². The van der Waals surface area contributed by atoms with E-state index < -0.39 is 0 Å². The number of hydrogen-bond acceptors (Lipinski definition) is 5. The zero-order valence-corrected chi connectivity index (χ0v) is 20.0. The molecular weight excluding hydrogens is 440 g/mol. The van der Waals surface area contributed by atoms with E-state index in [1.54, 1.807) is 19.2 Å². The quantitative estimate of drug-likeness (QED) is 0.166. The SMILES string of the molecule is CCOC(=O)c1ccc(NCCSC(c2ccccc2)(c2ccccc2)c2ccccc2)nc1. The molecule has 1 N–H and O–H groups in total. The lowest BCUT2D eigenvalue weighted by Crippen LogP contribution is -2.27. The highest BCUT2D eigenvalue weighted by atomic mass is 32.2. The van der Waals surface area contributed by atoms with Gasteiger partial charge in [-0.25, -0.2) is 9.78 Å². The van der Waals surface area contributed by atoms with Gasteiger partial charge >= 0.3 is 5.97 Å². The van der Waals surface area contributed by atoms with Gasteiger partial charge in [-0.05, 0) is 35.7 Å². The predicted octanol–water partition coefficient (Wildman–Crippen LogP) is 6.40. The first-order chi connectivity index (χ1) is 16.7. The van der Waals surface area contributed by atoms with Crippen LogP contribution >= 0.6 is 11.8 Å². The van der Waals surface area contributed by atoms with Gasteiger partial charge in [-0.15, -0.1) is 11.8 Å². The standard InChI is InChI=1S/C29H28N2O2S/c1-2-33-28(32)23-18-19-27(31-22-23)30-20-21-34-29(24-12-6-3-7-13-24,25-14-8-4-9-15-25)26-16-10-5-11-17-26/h3-19,22H,2,20-21H2,1H3,(H,30,31). The lowest BCUT2D eigenvalue weighted by molar-refractivity contribution is 0.0526. The number of nitrogens with one attached hydrogen (secondary N) is 1. The molecule has 0 aliphatic heterocycles. The molecule has 0 saturated heterocycles. The van der Waals surface area contributed by atoms with E-state index in [4.69, 9.17) is 4.74 Å². The number of benzene rings is 3. The molecule has 0 bridgehead atoms. The average Bonchev–Trinajstić information content (AvgIpc) is 2.91. The highest BCUT2D eigenvalue weighted by molar-refractivity contribution is 8.00. The number of esters is 1. The van der Waals surface area contributed by atoms with Crippen LogP contribution in [-0.4, -0.2) is 29.9 Å². The van der Waals surface area contributed by atoms with Crippen LogP contribution in [0.5, 0.6) is 0 Å². The molecule has 5 heteroatoms. The van der Waals surface area contributed by atoms with E-state index in [-0.39, 0.29) is 10.7 Å². The summed E-state index contributed by atoms with van der Waals surface area (Å²) in [6.07, 6.45) is 1.55. The molecule has 0 saturated carbocycles. The Kier molecular flexibility index (Phi) is 7.99. The van der Waals surface area contributed by atoms with Crippen molar-refractivity contribution in [1.29, 1.82) is 0 Å². The summed E-state index contributed by atoms with van der Waals surface area (Å²) >= 11 is 1.90. The summed E-state index contributed by atoms with van der Waals surface area (Å²) in [7, 11) is 0. The number of aromatic nitrogens is 1. The number of nitrogens with zero attached hydrogens (tertiary/aromatic N) is 1. The van der Waals surface area contributed by atoms with Crippen molar-refractivity contribution in [1.82, 2.24) is 4.98 Å². The lowest BCUT2D eigenvalue weighted by Gasteiger charge is -2.35. The molecule has 0 radical (unpaired) electrons. The number of anilines is 1.